The molecule has 236 valence electrons. The van der Waals surface area contributed by atoms with Gasteiger partial charge in [0.2, 0.25) is 6.71 Å². The van der Waals surface area contributed by atoms with E-state index in [1.54, 1.807) is 0 Å². The predicted molar refractivity (Wildman–Crippen MR) is 193 cm³/mol. The molecule has 0 unspecified atom stereocenters. The van der Waals surface area contributed by atoms with Crippen molar-refractivity contribution in [1.82, 2.24) is 9.97 Å². The summed E-state index contributed by atoms with van der Waals surface area (Å²) in [5.41, 5.74) is 12.8. The molecule has 2 aliphatic rings. The smallest absolute Gasteiger partial charge is 0.503 e. The van der Waals surface area contributed by atoms with Crippen LogP contribution >= 0.6 is 0 Å². The van der Waals surface area contributed by atoms with Crippen molar-refractivity contribution in [3.05, 3.63) is 163 Å². The first kappa shape index (κ1) is 32.3. The normalized spacial score (nSPS) is 11.7. The van der Waals surface area contributed by atoms with Crippen molar-refractivity contribution in [3.8, 4) is 56.5 Å². The van der Waals surface area contributed by atoms with Gasteiger partial charge in [0.25, 0.3) is 0 Å². The van der Waals surface area contributed by atoms with Gasteiger partial charge in [-0.3, -0.25) is 0 Å². The Morgan fingerprint density at radius 1 is 0.653 bits per heavy atom. The van der Waals surface area contributed by atoms with Crippen molar-refractivity contribution in [2.75, 3.05) is 0 Å². The Balaban J connectivity index is 0.000000160. The second-order valence-electron chi connectivity index (χ2n) is 12.1. The van der Waals surface area contributed by atoms with Crippen LogP contribution in [0.25, 0.3) is 33.5 Å². The number of hydrogen-bond acceptors (Lipinski definition) is 4. The maximum Gasteiger partial charge on any atom is 3.00 e. The molecule has 0 atom stereocenters. The third kappa shape index (κ3) is 6.22. The van der Waals surface area contributed by atoms with E-state index < -0.39 is 0 Å². The van der Waals surface area contributed by atoms with E-state index in [1.807, 2.05) is 79.9 Å². The molecule has 0 radical (unpaired) electrons. The van der Waals surface area contributed by atoms with Gasteiger partial charge >= 0.3 is 20.1 Å². The van der Waals surface area contributed by atoms with E-state index >= 15 is 0 Å². The Labute approximate surface area is 301 Å². The fourth-order valence-corrected chi connectivity index (χ4v) is 6.41. The van der Waals surface area contributed by atoms with Crippen molar-refractivity contribution in [1.29, 1.82) is 0 Å². The molecule has 2 aliphatic heterocycles. The third-order valence-electron chi connectivity index (χ3n) is 8.80. The summed E-state index contributed by atoms with van der Waals surface area (Å²) in [6.07, 6.45) is 4.93. The minimum absolute atomic E-state index is 0. The van der Waals surface area contributed by atoms with Crippen molar-refractivity contribution in [3.63, 3.8) is 0 Å². The average Bonchev–Trinajstić information content (AvgIpc) is 3.12. The largest absolute Gasteiger partial charge is 3.00 e. The summed E-state index contributed by atoms with van der Waals surface area (Å²) >= 11 is 0. The van der Waals surface area contributed by atoms with E-state index in [9.17, 15) is 0 Å². The van der Waals surface area contributed by atoms with E-state index in [2.05, 4.69) is 96.7 Å². The van der Waals surface area contributed by atoms with Crippen molar-refractivity contribution >= 4 is 23.1 Å². The second kappa shape index (κ2) is 13.7. The quantitative estimate of drug-likeness (QED) is 0.133. The van der Waals surface area contributed by atoms with Crippen LogP contribution < -0.4 is 25.9 Å². The number of ether oxygens (including phenoxy) is 2. The maximum atomic E-state index is 6.41. The molecule has 0 aliphatic carbocycles. The summed E-state index contributed by atoms with van der Waals surface area (Å²) in [5, 5.41) is 0. The molecule has 9 rings (SSSR count). The van der Waals surface area contributed by atoms with Gasteiger partial charge in [-0.2, -0.15) is 30.3 Å². The van der Waals surface area contributed by atoms with E-state index in [0.717, 1.165) is 78.6 Å². The molecule has 4 nitrogen and oxygen atoms in total. The minimum atomic E-state index is 0. The number of hydrogen-bond donors (Lipinski definition) is 0. The van der Waals surface area contributed by atoms with Gasteiger partial charge < -0.3 is 19.4 Å². The van der Waals surface area contributed by atoms with Crippen LogP contribution in [0.2, 0.25) is 0 Å². The molecule has 0 bridgehead atoms. The molecule has 0 N–H and O–H groups in total. The van der Waals surface area contributed by atoms with Crippen LogP contribution in [0.1, 0.15) is 16.8 Å². The third-order valence-corrected chi connectivity index (χ3v) is 8.80. The van der Waals surface area contributed by atoms with Crippen LogP contribution in [0.3, 0.4) is 0 Å². The Morgan fingerprint density at radius 2 is 1.43 bits per heavy atom. The van der Waals surface area contributed by atoms with Gasteiger partial charge in [0.1, 0.15) is 17.2 Å². The van der Waals surface area contributed by atoms with Gasteiger partial charge in [0.15, 0.2) is 0 Å². The van der Waals surface area contributed by atoms with Crippen LogP contribution in [0, 0.1) is 39.1 Å². The van der Waals surface area contributed by atoms with Crippen LogP contribution in [0.5, 0.6) is 23.0 Å². The van der Waals surface area contributed by atoms with E-state index in [-0.39, 0.29) is 26.8 Å². The maximum absolute atomic E-state index is 6.41. The van der Waals surface area contributed by atoms with Crippen LogP contribution in [-0.4, -0.2) is 16.7 Å². The predicted octanol–water partition coefficient (Wildman–Crippen LogP) is 8.22. The van der Waals surface area contributed by atoms with Crippen molar-refractivity contribution in [2.45, 2.75) is 20.8 Å². The Bertz CT molecular complexity index is 2290. The van der Waals surface area contributed by atoms with Gasteiger partial charge in [0.05, 0.1) is 0 Å². The Morgan fingerprint density at radius 3 is 2.22 bits per heavy atom. The number of nitrogens with zero attached hydrogens (tertiary/aromatic N) is 2. The molecule has 2 aromatic heterocycles. The van der Waals surface area contributed by atoms with Crippen molar-refractivity contribution < 1.29 is 29.6 Å². The molecule has 5 aromatic carbocycles. The van der Waals surface area contributed by atoms with E-state index in [0.29, 0.717) is 0 Å². The van der Waals surface area contributed by atoms with Gasteiger partial charge in [-0.15, -0.1) is 29.2 Å². The van der Waals surface area contributed by atoms with E-state index in [4.69, 9.17) is 9.47 Å². The molecule has 0 amide bonds. The summed E-state index contributed by atoms with van der Waals surface area (Å²) in [5.74, 6) is 3.41. The number of aromatic nitrogens is 2. The number of aryl methyl sites for hydroxylation is 3. The summed E-state index contributed by atoms with van der Waals surface area (Å²) in [7, 11) is 0. The van der Waals surface area contributed by atoms with Gasteiger partial charge in [-0.1, -0.05) is 97.4 Å². The second-order valence-corrected chi connectivity index (χ2v) is 12.1. The zero-order valence-electron chi connectivity index (χ0n) is 27.2. The van der Waals surface area contributed by atoms with Gasteiger partial charge in [-0.25, -0.2) is 11.1 Å². The number of fused-ring (bicyclic) bond motifs is 4. The Hall–Kier alpha value is -5.29. The van der Waals surface area contributed by atoms with Gasteiger partial charge in [-0.05, 0) is 53.6 Å². The van der Waals surface area contributed by atoms with Crippen LogP contribution in [0.4, 0.5) is 0 Å². The number of rotatable bonds is 3. The molecule has 0 saturated carbocycles. The molecule has 7 aromatic rings. The molecule has 0 fully saturated rings. The molecule has 4 heterocycles. The molecular weight excluding hydrogens is 780 g/mol. The zero-order valence-corrected chi connectivity index (χ0v) is 29.6. The first-order valence-corrected chi connectivity index (χ1v) is 16.0. The zero-order chi connectivity index (χ0) is 32.6. The fourth-order valence-electron chi connectivity index (χ4n) is 6.41. The van der Waals surface area contributed by atoms with Crippen molar-refractivity contribution in [2.24, 2.45) is 0 Å². The number of para-hydroxylation sites is 1. The number of benzene rings is 5. The molecule has 6 heteroatoms. The van der Waals surface area contributed by atoms with Crippen LogP contribution in [0.15, 0.2) is 128 Å². The molecule has 0 spiro atoms. The number of pyridine rings is 2. The Kier molecular flexibility index (Phi) is 9.01. The summed E-state index contributed by atoms with van der Waals surface area (Å²) < 4.78 is 12.6. The first-order valence-electron chi connectivity index (χ1n) is 16.0. The summed E-state index contributed by atoms with van der Waals surface area (Å²) in [4.78, 5) is 8.97. The first-order chi connectivity index (χ1) is 23.5. The minimum Gasteiger partial charge on any atom is -0.503 e. The summed E-state index contributed by atoms with van der Waals surface area (Å²) in [6.45, 7) is 6.21. The SMILES string of the molecule is Cc1c[c-]c(-c2[c-]nc(C)c(-c3ccccc3)c2)cc1.Cc1ccnc(-c2[c-]ccc3c2Oc2cccc4c2B3c2ccccc2O4)c1.[Ir+3]. The monoisotopic (exact) mass is 810 g/mol. The fraction of sp³-hybridized carbons (Fsp3) is 0.0698. The average molecular weight is 810 g/mol. The van der Waals surface area contributed by atoms with E-state index in [1.165, 1.54) is 11.1 Å². The van der Waals surface area contributed by atoms with Crippen LogP contribution in [-0.2, 0) is 20.1 Å². The topological polar surface area (TPSA) is 44.2 Å². The standard InChI is InChI=1S/C24H15BNO2.C19H15N.Ir/c1-15-12-13-26-19(14-15)16-6-4-8-18-24(16)28-22-11-5-10-21-23(22)25(18)17-7-2-3-9-20(17)27-21;1-14-8-10-16(11-9-14)18-12-19(15(2)20-13-18)17-6-4-3-5-7-17;/h2-5,7-14H,1H3;3-10,12H,1-2H3;/q-1;-2;+3. The molecular formula is C43H30BIrN2O2. The van der Waals surface area contributed by atoms with Gasteiger partial charge in [0, 0.05) is 17.4 Å². The molecule has 0 saturated heterocycles. The summed E-state index contributed by atoms with van der Waals surface area (Å²) in [6, 6.07) is 47.6. The molecule has 49 heavy (non-hydrogen) atoms.